The predicted molar refractivity (Wildman–Crippen MR) is 131 cm³/mol. The predicted octanol–water partition coefficient (Wildman–Crippen LogP) is -0.00910. The van der Waals surface area contributed by atoms with Crippen molar-refractivity contribution in [2.45, 2.75) is 36.3 Å². The Morgan fingerprint density at radius 2 is 1.30 bits per heavy atom. The Kier molecular flexibility index (Phi) is 7.97. The Bertz CT molecular complexity index is 1370. The number of carbonyl (C=O) groups is 3. The second-order valence-electron chi connectivity index (χ2n) is 8.80. The molecule has 14 nitrogen and oxygen atoms in total. The van der Waals surface area contributed by atoms with E-state index in [1.54, 1.807) is 0 Å². The van der Waals surface area contributed by atoms with Crippen molar-refractivity contribution >= 4 is 30.1 Å². The van der Waals surface area contributed by atoms with Gasteiger partial charge in [0, 0.05) is 12.2 Å². The lowest BCUT2D eigenvalue weighted by Gasteiger charge is -2.41. The van der Waals surface area contributed by atoms with E-state index in [1.807, 2.05) is 0 Å². The van der Waals surface area contributed by atoms with Gasteiger partial charge in [-0.1, -0.05) is 12.1 Å². The molecule has 0 aromatic heterocycles. The van der Waals surface area contributed by atoms with E-state index in [1.165, 1.54) is 36.4 Å². The molecule has 2 aromatic carbocycles. The van der Waals surface area contributed by atoms with Gasteiger partial charge in [0.05, 0.1) is 6.61 Å². The van der Waals surface area contributed by atoms with Crippen LogP contribution in [0.1, 0.15) is 11.1 Å². The van der Waals surface area contributed by atoms with Crippen molar-refractivity contribution in [2.75, 3.05) is 6.61 Å². The van der Waals surface area contributed by atoms with Crippen molar-refractivity contribution < 1.29 is 69.1 Å². The molecule has 0 amide bonds. The zero-order chi connectivity index (χ0) is 29.2. The highest BCUT2D eigenvalue weighted by molar-refractivity contribution is 5.88. The topological polar surface area (TPSA) is 230 Å². The summed E-state index contributed by atoms with van der Waals surface area (Å²) in [6, 6.07) is 7.40. The van der Waals surface area contributed by atoms with Gasteiger partial charge in [-0.05, 0) is 47.5 Å². The molecule has 2 fully saturated rings. The molecule has 2 aromatic rings. The van der Waals surface area contributed by atoms with Gasteiger partial charge in [-0.25, -0.2) is 14.4 Å². The third-order valence-electron chi connectivity index (χ3n) is 6.16. The first-order valence-electron chi connectivity index (χ1n) is 11.6. The molecule has 2 bridgehead atoms. The van der Waals surface area contributed by atoms with Gasteiger partial charge in [0.25, 0.3) is 0 Å². The number of phenols is 4. The number of aliphatic carboxylic acids is 1. The number of aliphatic hydroxyl groups excluding tert-OH is 2. The van der Waals surface area contributed by atoms with Crippen LogP contribution in [0.4, 0.5) is 0 Å². The third kappa shape index (κ3) is 5.55. The van der Waals surface area contributed by atoms with Gasteiger partial charge in [0.15, 0.2) is 41.3 Å². The van der Waals surface area contributed by atoms with Crippen LogP contribution in [0, 0.1) is 0 Å². The van der Waals surface area contributed by atoms with Crippen LogP contribution in [0.5, 0.6) is 23.0 Å². The van der Waals surface area contributed by atoms with E-state index < -0.39 is 72.3 Å². The third-order valence-corrected chi connectivity index (χ3v) is 6.16. The number of rotatable bonds is 8. The molecule has 0 aliphatic carbocycles. The number of esters is 2. The molecule has 0 saturated carbocycles. The highest BCUT2D eigenvalue weighted by Gasteiger charge is 2.69. The van der Waals surface area contributed by atoms with E-state index in [0.717, 1.165) is 24.3 Å². The van der Waals surface area contributed by atoms with Crippen molar-refractivity contribution in [1.29, 1.82) is 0 Å². The number of carboxylic acid groups (broad SMARTS) is 1. The molecule has 0 unspecified atom stereocenters. The Labute approximate surface area is 225 Å². The number of carboxylic acids is 1. The number of ether oxygens (including phenoxy) is 4. The molecule has 6 atom stereocenters. The fourth-order valence-electron chi connectivity index (χ4n) is 4.20. The van der Waals surface area contributed by atoms with E-state index in [4.69, 9.17) is 18.9 Å². The Morgan fingerprint density at radius 1 is 0.800 bits per heavy atom. The first-order valence-corrected chi connectivity index (χ1v) is 11.6. The van der Waals surface area contributed by atoms with Crippen molar-refractivity contribution in [3.63, 3.8) is 0 Å². The molecular weight excluding hydrogens is 536 g/mol. The van der Waals surface area contributed by atoms with Crippen LogP contribution in [-0.2, 0) is 33.3 Å². The van der Waals surface area contributed by atoms with Gasteiger partial charge in [0.1, 0.15) is 12.2 Å². The van der Waals surface area contributed by atoms with Gasteiger partial charge in [-0.2, -0.15) is 0 Å². The number of hydrogen-bond donors (Lipinski definition) is 7. The van der Waals surface area contributed by atoms with Crippen LogP contribution < -0.4 is 0 Å². The van der Waals surface area contributed by atoms with E-state index in [-0.39, 0.29) is 17.1 Å². The summed E-state index contributed by atoms with van der Waals surface area (Å²) >= 11 is 0. The number of aliphatic hydroxyl groups is 2. The quantitative estimate of drug-likeness (QED) is 0.128. The molecule has 7 N–H and O–H groups in total. The summed E-state index contributed by atoms with van der Waals surface area (Å²) in [5.41, 5.74) is 0.571. The summed E-state index contributed by atoms with van der Waals surface area (Å²) in [6.07, 6.45) is -4.37. The number of aromatic hydroxyl groups is 4. The van der Waals surface area contributed by atoms with Gasteiger partial charge in [-0.3, -0.25) is 0 Å². The van der Waals surface area contributed by atoms with Crippen LogP contribution in [0.25, 0.3) is 12.2 Å². The largest absolute Gasteiger partial charge is 0.504 e. The van der Waals surface area contributed by atoms with Crippen LogP contribution in [0.15, 0.2) is 48.6 Å². The molecule has 2 saturated heterocycles. The lowest BCUT2D eigenvalue weighted by atomic mass is 9.92. The maximum Gasteiger partial charge on any atom is 0.367 e. The number of hydrogen-bond acceptors (Lipinski definition) is 13. The van der Waals surface area contributed by atoms with Crippen LogP contribution in [0.2, 0.25) is 0 Å². The Morgan fingerprint density at radius 3 is 1.75 bits per heavy atom. The first-order chi connectivity index (χ1) is 18.9. The fraction of sp³-hybridized carbons (Fsp3) is 0.269. The van der Waals surface area contributed by atoms with Gasteiger partial charge >= 0.3 is 23.7 Å². The molecule has 212 valence electrons. The fourth-order valence-corrected chi connectivity index (χ4v) is 4.20. The zero-order valence-corrected chi connectivity index (χ0v) is 20.4. The number of phenolic OH excluding ortho intramolecular Hbond substituents is 4. The van der Waals surface area contributed by atoms with Gasteiger partial charge < -0.3 is 54.7 Å². The lowest BCUT2D eigenvalue weighted by Crippen LogP contribution is -2.65. The minimum absolute atomic E-state index is 0.277. The number of fused-ring (bicyclic) bond motifs is 2. The van der Waals surface area contributed by atoms with Crippen LogP contribution in [0.3, 0.4) is 0 Å². The molecule has 2 heterocycles. The Hall–Kier alpha value is -4.63. The van der Waals surface area contributed by atoms with Gasteiger partial charge in [-0.15, -0.1) is 0 Å². The summed E-state index contributed by atoms with van der Waals surface area (Å²) in [7, 11) is 0. The van der Waals surface area contributed by atoms with Crippen molar-refractivity contribution in [3.8, 4) is 23.0 Å². The minimum atomic E-state index is -2.74. The molecule has 0 radical (unpaired) electrons. The first kappa shape index (κ1) is 28.4. The summed E-state index contributed by atoms with van der Waals surface area (Å²) in [5, 5.41) is 68.4. The molecule has 2 aliphatic heterocycles. The van der Waals surface area contributed by atoms with Crippen LogP contribution >= 0.6 is 0 Å². The zero-order valence-electron chi connectivity index (χ0n) is 20.4. The number of benzene rings is 2. The highest BCUT2D eigenvalue weighted by atomic mass is 16.8. The molecule has 14 heteroatoms. The van der Waals surface area contributed by atoms with E-state index in [2.05, 4.69) is 0 Å². The molecular formula is C26H24O14. The minimum Gasteiger partial charge on any atom is -0.504 e. The molecule has 40 heavy (non-hydrogen) atoms. The maximum absolute atomic E-state index is 12.7. The average Bonchev–Trinajstić information content (AvgIpc) is 3.29. The van der Waals surface area contributed by atoms with Crippen molar-refractivity contribution in [2.24, 2.45) is 0 Å². The van der Waals surface area contributed by atoms with Gasteiger partial charge in [0.2, 0.25) is 0 Å². The second-order valence-corrected chi connectivity index (χ2v) is 8.80. The average molecular weight is 560 g/mol. The lowest BCUT2D eigenvalue weighted by molar-refractivity contribution is -0.292. The summed E-state index contributed by atoms with van der Waals surface area (Å²) in [6.45, 7) is -0.798. The SMILES string of the molecule is O=C(/C=C/c1ccc(O)c(O)c1)O[C@@H]1[C@H](OC(=O)/C=C/c2ccc(O)c(O)c2)[C@@H](O)[C@@]2(C(=O)O)O[C@@H]1[C@@H](CO)O2. The van der Waals surface area contributed by atoms with E-state index in [0.29, 0.717) is 5.56 Å². The van der Waals surface area contributed by atoms with Crippen molar-refractivity contribution in [1.82, 2.24) is 0 Å². The molecule has 0 spiro atoms. The molecule has 4 rings (SSSR count). The summed E-state index contributed by atoms with van der Waals surface area (Å²) in [4.78, 5) is 37.3. The standard InChI is InChI=1S/C26H24O14/c27-11-18-21-22(37-19(32)7-3-12-1-5-14(28)16(30)9-12)23(24(34)26(39-18,40-21)25(35)36)38-20(33)8-4-13-2-6-15(29)17(31)10-13/h1-10,18,21-24,27-31,34H,11H2,(H,35,36)/b7-3+,8-4+/t18-,21-,22+,23+,24-,26+/m1/s1. The molecule has 2 aliphatic rings. The smallest absolute Gasteiger partial charge is 0.367 e. The normalized spacial score (nSPS) is 27.6. The monoisotopic (exact) mass is 560 g/mol. The number of carbonyl (C=O) groups excluding carboxylic acids is 2. The van der Waals surface area contributed by atoms with Crippen LogP contribution in [-0.4, -0.2) is 96.6 Å². The highest BCUT2D eigenvalue weighted by Crippen LogP contribution is 2.43. The maximum atomic E-state index is 12.7. The summed E-state index contributed by atoms with van der Waals surface area (Å²) < 4.78 is 21.3. The van der Waals surface area contributed by atoms with Crippen molar-refractivity contribution in [3.05, 3.63) is 59.7 Å². The summed E-state index contributed by atoms with van der Waals surface area (Å²) in [5.74, 6) is -8.37. The second kappa shape index (κ2) is 11.2. The Balaban J connectivity index is 1.58. The van der Waals surface area contributed by atoms with E-state index >= 15 is 0 Å². The van der Waals surface area contributed by atoms with E-state index in [9.17, 15) is 50.1 Å².